The largest absolute Gasteiger partial charge is 0.435 e. The van der Waals surface area contributed by atoms with Crippen LogP contribution in [0.5, 0.6) is 5.75 Å². The SMILES string of the molecule is CC(C)OP(=S)(Oc1cc(Cl)c(C#N)cc1Cl)SC(C)C. The van der Waals surface area contributed by atoms with Crippen LogP contribution in [-0.4, -0.2) is 11.4 Å². The van der Waals surface area contributed by atoms with Crippen molar-refractivity contribution in [1.29, 1.82) is 5.26 Å². The Morgan fingerprint density at radius 2 is 1.86 bits per heavy atom. The van der Waals surface area contributed by atoms with Crippen LogP contribution in [0.2, 0.25) is 10.0 Å². The molecule has 0 spiro atoms. The fraction of sp³-hybridized carbons (Fsp3) is 0.462. The van der Waals surface area contributed by atoms with Gasteiger partial charge in [-0.15, -0.1) is 0 Å². The molecule has 1 rings (SSSR count). The van der Waals surface area contributed by atoms with E-state index in [0.29, 0.717) is 16.3 Å². The van der Waals surface area contributed by atoms with Crippen molar-refractivity contribution in [2.75, 3.05) is 0 Å². The maximum absolute atomic E-state index is 8.93. The summed E-state index contributed by atoms with van der Waals surface area (Å²) in [4.78, 5) is 0. The number of nitrogens with zero attached hydrogens (tertiary/aromatic N) is 1. The Balaban J connectivity index is 3.12. The average molecular weight is 384 g/mol. The Kier molecular flexibility index (Phi) is 7.33. The summed E-state index contributed by atoms with van der Waals surface area (Å²) in [5, 5.41) is 9.75. The molecule has 21 heavy (non-hydrogen) atoms. The highest BCUT2D eigenvalue weighted by Crippen LogP contribution is 2.63. The number of benzene rings is 1. The first-order valence-electron chi connectivity index (χ1n) is 6.22. The Morgan fingerprint density at radius 3 is 2.33 bits per heavy atom. The minimum absolute atomic E-state index is 0.0605. The lowest BCUT2D eigenvalue weighted by Crippen LogP contribution is -2.05. The highest BCUT2D eigenvalue weighted by Gasteiger charge is 2.26. The summed E-state index contributed by atoms with van der Waals surface area (Å²) in [5.41, 5.74) is -2.30. The zero-order valence-electron chi connectivity index (χ0n) is 12.1. The van der Waals surface area contributed by atoms with E-state index in [1.807, 2.05) is 33.8 Å². The number of nitriles is 1. The second kappa shape index (κ2) is 8.06. The zero-order chi connectivity index (χ0) is 16.2. The van der Waals surface area contributed by atoms with Crippen molar-refractivity contribution >= 4 is 52.1 Å². The van der Waals surface area contributed by atoms with E-state index in [2.05, 4.69) is 0 Å². The average Bonchev–Trinajstić information content (AvgIpc) is 2.30. The molecule has 0 aliphatic rings. The molecule has 0 saturated carbocycles. The molecule has 0 aliphatic heterocycles. The smallest absolute Gasteiger partial charge is 0.298 e. The van der Waals surface area contributed by atoms with E-state index in [0.717, 1.165) is 0 Å². The molecule has 8 heteroatoms. The summed E-state index contributed by atoms with van der Waals surface area (Å²) in [6.07, 6.45) is -0.0605. The van der Waals surface area contributed by atoms with Crippen molar-refractivity contribution in [3.63, 3.8) is 0 Å². The molecule has 1 unspecified atom stereocenters. The lowest BCUT2D eigenvalue weighted by Gasteiger charge is -2.26. The van der Waals surface area contributed by atoms with Gasteiger partial charge in [0.15, 0.2) is 0 Å². The molecule has 0 amide bonds. The first-order valence-corrected chi connectivity index (χ1v) is 11.1. The monoisotopic (exact) mass is 383 g/mol. The first-order chi connectivity index (χ1) is 9.66. The van der Waals surface area contributed by atoms with Gasteiger partial charge in [0.1, 0.15) is 11.8 Å². The van der Waals surface area contributed by atoms with Gasteiger partial charge in [0.25, 0.3) is 5.69 Å². The van der Waals surface area contributed by atoms with Crippen molar-refractivity contribution in [3.05, 3.63) is 27.7 Å². The second-order valence-corrected chi connectivity index (χ2v) is 12.2. The summed E-state index contributed by atoms with van der Waals surface area (Å²) in [7, 11) is 0. The van der Waals surface area contributed by atoms with Crippen molar-refractivity contribution in [2.45, 2.75) is 39.0 Å². The molecule has 0 heterocycles. The van der Waals surface area contributed by atoms with Crippen LogP contribution in [0.4, 0.5) is 0 Å². The molecule has 0 saturated heterocycles. The van der Waals surface area contributed by atoms with Crippen LogP contribution in [0.1, 0.15) is 33.3 Å². The number of hydrogen-bond donors (Lipinski definition) is 0. The maximum Gasteiger partial charge on any atom is 0.298 e. The molecule has 0 fully saturated rings. The van der Waals surface area contributed by atoms with E-state index in [1.165, 1.54) is 23.5 Å². The number of rotatable bonds is 6. The Morgan fingerprint density at radius 1 is 1.24 bits per heavy atom. The van der Waals surface area contributed by atoms with Gasteiger partial charge < -0.3 is 9.05 Å². The molecule has 0 bridgehead atoms. The van der Waals surface area contributed by atoms with Gasteiger partial charge in [-0.2, -0.15) is 5.26 Å². The molecule has 116 valence electrons. The van der Waals surface area contributed by atoms with Crippen LogP contribution in [0.25, 0.3) is 0 Å². The van der Waals surface area contributed by atoms with E-state index in [4.69, 9.17) is 49.3 Å². The normalized spacial score (nSPS) is 14.0. The Labute approximate surface area is 144 Å². The van der Waals surface area contributed by atoms with Gasteiger partial charge in [0.05, 0.1) is 21.7 Å². The molecule has 1 aromatic rings. The summed E-state index contributed by atoms with van der Waals surface area (Å²) >= 11 is 19.2. The van der Waals surface area contributed by atoms with Gasteiger partial charge >= 0.3 is 0 Å². The van der Waals surface area contributed by atoms with Crippen LogP contribution in [0.15, 0.2) is 12.1 Å². The molecule has 0 N–H and O–H groups in total. The fourth-order valence-corrected chi connectivity index (χ4v) is 8.29. The highest BCUT2D eigenvalue weighted by molar-refractivity contribution is 8.68. The van der Waals surface area contributed by atoms with Gasteiger partial charge in [-0.3, -0.25) is 0 Å². The molecule has 0 radical (unpaired) electrons. The van der Waals surface area contributed by atoms with Gasteiger partial charge in [0.2, 0.25) is 0 Å². The van der Waals surface area contributed by atoms with E-state index in [-0.39, 0.29) is 16.4 Å². The van der Waals surface area contributed by atoms with E-state index in [1.54, 1.807) is 0 Å². The Bertz CT molecular complexity index is 589. The van der Waals surface area contributed by atoms with Gasteiger partial charge in [-0.05, 0) is 31.7 Å². The van der Waals surface area contributed by atoms with Crippen molar-refractivity contribution in [3.8, 4) is 11.8 Å². The van der Waals surface area contributed by atoms with E-state index >= 15 is 0 Å². The van der Waals surface area contributed by atoms with Crippen LogP contribution >= 0.6 is 40.3 Å². The molecular weight excluding hydrogens is 368 g/mol. The number of hydrogen-bond acceptors (Lipinski definition) is 5. The predicted octanol–water partition coefficient (Wildman–Crippen LogP) is 6.03. The van der Waals surface area contributed by atoms with Crippen molar-refractivity contribution < 1.29 is 9.05 Å². The minimum atomic E-state index is -2.60. The molecule has 0 aliphatic carbocycles. The summed E-state index contributed by atoms with van der Waals surface area (Å²) in [6, 6.07) is 4.94. The lowest BCUT2D eigenvalue weighted by atomic mass is 10.2. The van der Waals surface area contributed by atoms with Gasteiger partial charge in [-0.25, -0.2) is 0 Å². The van der Waals surface area contributed by atoms with Crippen LogP contribution in [0, 0.1) is 11.3 Å². The Hall–Kier alpha value is 0.0500. The minimum Gasteiger partial charge on any atom is -0.435 e. The lowest BCUT2D eigenvalue weighted by molar-refractivity contribution is 0.251. The quantitative estimate of drug-likeness (QED) is 0.560. The third-order valence-corrected chi connectivity index (χ3v) is 8.20. The third kappa shape index (κ3) is 5.98. The highest BCUT2D eigenvalue weighted by atomic mass is 35.5. The second-order valence-electron chi connectivity index (χ2n) is 4.72. The van der Waals surface area contributed by atoms with Crippen molar-refractivity contribution in [2.24, 2.45) is 0 Å². The van der Waals surface area contributed by atoms with Gasteiger partial charge in [-0.1, -0.05) is 48.4 Å². The van der Waals surface area contributed by atoms with Gasteiger partial charge in [0, 0.05) is 11.3 Å². The summed E-state index contributed by atoms with van der Waals surface area (Å²) in [5.74, 6) is 0.345. The molecule has 3 nitrogen and oxygen atoms in total. The van der Waals surface area contributed by atoms with Crippen LogP contribution in [0.3, 0.4) is 0 Å². The fourth-order valence-electron chi connectivity index (χ4n) is 1.39. The third-order valence-electron chi connectivity index (χ3n) is 2.03. The van der Waals surface area contributed by atoms with Crippen LogP contribution < -0.4 is 4.52 Å². The topological polar surface area (TPSA) is 42.2 Å². The molecular formula is C13H16Cl2NO2PS2. The van der Waals surface area contributed by atoms with Crippen molar-refractivity contribution in [1.82, 2.24) is 0 Å². The standard InChI is InChI=1S/C13H16Cl2NO2PS2/c1-8(2)17-19(20,21-9(3)4)18-13-6-11(14)10(7-16)5-12(13)15/h5-6,8-9H,1-4H3. The summed E-state index contributed by atoms with van der Waals surface area (Å²) < 4.78 is 11.7. The molecule has 1 aromatic carbocycles. The zero-order valence-corrected chi connectivity index (χ0v) is 16.1. The van der Waals surface area contributed by atoms with E-state index in [9.17, 15) is 0 Å². The molecule has 1 atom stereocenters. The maximum atomic E-state index is 8.93. The number of halogens is 2. The first kappa shape index (κ1) is 19.1. The summed E-state index contributed by atoms with van der Waals surface area (Å²) in [6.45, 7) is 7.84. The predicted molar refractivity (Wildman–Crippen MR) is 95.0 cm³/mol. The van der Waals surface area contributed by atoms with E-state index < -0.39 is 5.69 Å². The van der Waals surface area contributed by atoms with Crippen LogP contribution in [-0.2, 0) is 16.3 Å². The molecule has 0 aromatic heterocycles.